The zero-order valence-electron chi connectivity index (χ0n) is 15.1. The Bertz CT molecular complexity index is 564. The summed E-state index contributed by atoms with van der Waals surface area (Å²) in [5, 5.41) is 6.34. The lowest BCUT2D eigenvalue weighted by Gasteiger charge is -2.43. The molecular formula is C20H31N3O. The van der Waals surface area contributed by atoms with Gasteiger partial charge in [-0.05, 0) is 57.3 Å². The van der Waals surface area contributed by atoms with Crippen molar-refractivity contribution in [2.45, 2.75) is 62.9 Å². The first-order valence-electron chi connectivity index (χ1n) is 9.38. The smallest absolute Gasteiger partial charge is 0.315 e. The molecule has 2 amide bonds. The van der Waals surface area contributed by atoms with E-state index in [1.165, 1.54) is 43.2 Å². The Hall–Kier alpha value is -1.55. The molecule has 0 saturated heterocycles. The van der Waals surface area contributed by atoms with Gasteiger partial charge in [0.2, 0.25) is 0 Å². The van der Waals surface area contributed by atoms with Crippen LogP contribution < -0.4 is 10.6 Å². The minimum absolute atomic E-state index is 0.00817. The van der Waals surface area contributed by atoms with Crippen molar-refractivity contribution in [1.82, 2.24) is 15.5 Å². The molecule has 0 unspecified atom stereocenters. The first-order valence-corrected chi connectivity index (χ1v) is 9.38. The Kier molecular flexibility index (Phi) is 5.44. The van der Waals surface area contributed by atoms with E-state index < -0.39 is 0 Å². The van der Waals surface area contributed by atoms with Crippen molar-refractivity contribution in [3.63, 3.8) is 0 Å². The van der Waals surface area contributed by atoms with Gasteiger partial charge in [-0.25, -0.2) is 4.79 Å². The van der Waals surface area contributed by atoms with E-state index in [1.807, 2.05) is 0 Å². The molecule has 132 valence electrons. The summed E-state index contributed by atoms with van der Waals surface area (Å²) in [6, 6.07) is 8.82. The molecule has 0 heterocycles. The number of urea groups is 1. The first kappa shape index (κ1) is 17.3. The number of amides is 2. The fraction of sp³-hybridized carbons (Fsp3) is 0.650. The third-order valence-corrected chi connectivity index (χ3v) is 5.99. The van der Waals surface area contributed by atoms with E-state index in [-0.39, 0.29) is 17.6 Å². The number of carbonyl (C=O) groups is 1. The number of nitrogens with zero attached hydrogens (tertiary/aromatic N) is 1. The molecule has 1 atom stereocenters. The van der Waals surface area contributed by atoms with Gasteiger partial charge in [0.1, 0.15) is 0 Å². The Labute approximate surface area is 146 Å². The van der Waals surface area contributed by atoms with Gasteiger partial charge in [-0.3, -0.25) is 0 Å². The summed E-state index contributed by atoms with van der Waals surface area (Å²) >= 11 is 0. The van der Waals surface area contributed by atoms with Crippen LogP contribution in [-0.2, 0) is 12.8 Å². The van der Waals surface area contributed by atoms with Gasteiger partial charge in [-0.15, -0.1) is 0 Å². The van der Waals surface area contributed by atoms with Crippen LogP contribution in [0.15, 0.2) is 24.3 Å². The quantitative estimate of drug-likeness (QED) is 0.891. The predicted molar refractivity (Wildman–Crippen MR) is 98.3 cm³/mol. The molecule has 0 bridgehead atoms. The highest BCUT2D eigenvalue weighted by atomic mass is 16.2. The molecule has 4 heteroatoms. The number of hydrogen-bond acceptors (Lipinski definition) is 2. The van der Waals surface area contributed by atoms with E-state index in [9.17, 15) is 4.79 Å². The second-order valence-corrected chi connectivity index (χ2v) is 7.71. The summed E-state index contributed by atoms with van der Waals surface area (Å²) in [6.07, 6.45) is 9.24. The molecule has 0 aromatic heterocycles. The van der Waals surface area contributed by atoms with Crippen LogP contribution in [0.2, 0.25) is 0 Å². The highest BCUT2D eigenvalue weighted by Crippen LogP contribution is 2.31. The van der Waals surface area contributed by atoms with Crippen LogP contribution in [0.5, 0.6) is 0 Å². The van der Waals surface area contributed by atoms with Crippen molar-refractivity contribution in [3.05, 3.63) is 35.4 Å². The highest BCUT2D eigenvalue weighted by molar-refractivity contribution is 5.74. The fourth-order valence-electron chi connectivity index (χ4n) is 4.29. The summed E-state index contributed by atoms with van der Waals surface area (Å²) in [5.41, 5.74) is 2.95. The monoisotopic (exact) mass is 329 g/mol. The average Bonchev–Trinajstić information content (AvgIpc) is 2.60. The topological polar surface area (TPSA) is 44.4 Å². The number of fused-ring (bicyclic) bond motifs is 1. The van der Waals surface area contributed by atoms with Gasteiger partial charge < -0.3 is 15.5 Å². The zero-order chi connectivity index (χ0) is 17.0. The SMILES string of the molecule is CN(C)C1(CNC(=O)N[C@@H]2CCc3ccccc3C2)CCCCC1. The van der Waals surface area contributed by atoms with Gasteiger partial charge in [0, 0.05) is 18.1 Å². The molecule has 1 fully saturated rings. The van der Waals surface area contributed by atoms with Gasteiger partial charge in [-0.1, -0.05) is 43.5 Å². The van der Waals surface area contributed by atoms with Crippen LogP contribution in [0.1, 0.15) is 49.7 Å². The maximum atomic E-state index is 12.4. The maximum Gasteiger partial charge on any atom is 0.315 e. The molecule has 1 aromatic rings. The molecule has 2 aliphatic carbocycles. The molecular weight excluding hydrogens is 298 g/mol. The van der Waals surface area contributed by atoms with E-state index >= 15 is 0 Å². The third kappa shape index (κ3) is 3.92. The van der Waals surface area contributed by atoms with E-state index in [1.54, 1.807) is 0 Å². The number of nitrogens with one attached hydrogen (secondary N) is 2. The molecule has 3 rings (SSSR count). The Morgan fingerprint density at radius 1 is 1.17 bits per heavy atom. The van der Waals surface area contributed by atoms with Crippen LogP contribution >= 0.6 is 0 Å². The van der Waals surface area contributed by atoms with Gasteiger partial charge in [-0.2, -0.15) is 0 Å². The van der Waals surface area contributed by atoms with Crippen LogP contribution in [-0.4, -0.2) is 43.2 Å². The van der Waals surface area contributed by atoms with E-state index in [4.69, 9.17) is 0 Å². The standard InChI is InChI=1S/C20H31N3O/c1-23(2)20(12-6-3-7-13-20)15-21-19(24)22-18-11-10-16-8-4-5-9-17(16)14-18/h4-5,8-9,18H,3,6-7,10-15H2,1-2H3,(H2,21,22,24)/t18-/m1/s1. The summed E-state index contributed by atoms with van der Waals surface area (Å²) in [5.74, 6) is 0. The number of hydrogen-bond donors (Lipinski definition) is 2. The maximum absolute atomic E-state index is 12.4. The zero-order valence-corrected chi connectivity index (χ0v) is 15.1. The molecule has 24 heavy (non-hydrogen) atoms. The van der Waals surface area contributed by atoms with Crippen molar-refractivity contribution in [1.29, 1.82) is 0 Å². The number of rotatable bonds is 4. The molecule has 2 N–H and O–H groups in total. The summed E-state index contributed by atoms with van der Waals surface area (Å²) < 4.78 is 0. The summed E-state index contributed by atoms with van der Waals surface area (Å²) in [6.45, 7) is 0.745. The molecule has 1 saturated carbocycles. The molecule has 2 aliphatic rings. The first-order chi connectivity index (χ1) is 11.6. The molecule has 1 aromatic carbocycles. The van der Waals surface area contributed by atoms with E-state index in [0.717, 1.165) is 25.8 Å². The lowest BCUT2D eigenvalue weighted by Crippen LogP contribution is -2.56. The predicted octanol–water partition coefficient (Wildman–Crippen LogP) is 3.11. The lowest BCUT2D eigenvalue weighted by molar-refractivity contribution is 0.100. The van der Waals surface area contributed by atoms with Crippen molar-refractivity contribution in [3.8, 4) is 0 Å². The van der Waals surface area contributed by atoms with Gasteiger partial charge >= 0.3 is 6.03 Å². The molecule has 0 aliphatic heterocycles. The van der Waals surface area contributed by atoms with Crippen molar-refractivity contribution in [2.24, 2.45) is 0 Å². The molecule has 0 spiro atoms. The van der Waals surface area contributed by atoms with E-state index in [0.29, 0.717) is 0 Å². The number of likely N-dealkylation sites (N-methyl/N-ethyl adjacent to an activating group) is 1. The normalized spacial score (nSPS) is 22.7. The summed E-state index contributed by atoms with van der Waals surface area (Å²) in [7, 11) is 4.28. The number of aryl methyl sites for hydroxylation is 1. The number of carbonyl (C=O) groups excluding carboxylic acids is 1. The van der Waals surface area contributed by atoms with Crippen molar-refractivity contribution in [2.75, 3.05) is 20.6 Å². The largest absolute Gasteiger partial charge is 0.336 e. The van der Waals surface area contributed by atoms with E-state index in [2.05, 4.69) is 53.9 Å². The van der Waals surface area contributed by atoms with Gasteiger partial charge in [0.15, 0.2) is 0 Å². The minimum atomic E-state index is -0.00817. The van der Waals surface area contributed by atoms with Gasteiger partial charge in [0.25, 0.3) is 0 Å². The van der Waals surface area contributed by atoms with Crippen LogP contribution in [0, 0.1) is 0 Å². The van der Waals surface area contributed by atoms with Crippen molar-refractivity contribution < 1.29 is 4.79 Å². The molecule has 4 nitrogen and oxygen atoms in total. The van der Waals surface area contributed by atoms with Gasteiger partial charge in [0.05, 0.1) is 0 Å². The Morgan fingerprint density at radius 3 is 2.58 bits per heavy atom. The lowest BCUT2D eigenvalue weighted by atomic mass is 9.80. The number of benzene rings is 1. The second-order valence-electron chi connectivity index (χ2n) is 7.71. The Morgan fingerprint density at radius 2 is 1.88 bits per heavy atom. The third-order valence-electron chi connectivity index (χ3n) is 5.99. The fourth-order valence-corrected chi connectivity index (χ4v) is 4.29. The highest BCUT2D eigenvalue weighted by Gasteiger charge is 2.34. The van der Waals surface area contributed by atoms with Crippen LogP contribution in [0.4, 0.5) is 4.79 Å². The molecule has 0 radical (unpaired) electrons. The Balaban J connectivity index is 1.51. The summed E-state index contributed by atoms with van der Waals surface area (Å²) in [4.78, 5) is 14.7. The second kappa shape index (κ2) is 7.56. The minimum Gasteiger partial charge on any atom is -0.336 e. The average molecular weight is 329 g/mol. The van der Waals surface area contributed by atoms with Crippen LogP contribution in [0.25, 0.3) is 0 Å². The van der Waals surface area contributed by atoms with Crippen molar-refractivity contribution >= 4 is 6.03 Å². The van der Waals surface area contributed by atoms with Crippen LogP contribution in [0.3, 0.4) is 0 Å².